The van der Waals surface area contributed by atoms with Gasteiger partial charge in [0.15, 0.2) is 0 Å². The van der Waals surface area contributed by atoms with Crippen LogP contribution >= 0.6 is 0 Å². The molecule has 0 aliphatic carbocycles. The number of hydrogen-bond acceptors (Lipinski definition) is 3. The Bertz CT molecular complexity index is 751. The molecular formula is C12H11FN2O3S. The SMILES string of the molecule is Cn1cc(NS(=O)(=O)c2ccc(F)cc2)ccc1=O. The molecule has 2 rings (SSSR count). The maximum Gasteiger partial charge on any atom is 0.261 e. The van der Waals surface area contributed by atoms with E-state index in [0.717, 1.165) is 12.1 Å². The van der Waals surface area contributed by atoms with E-state index in [1.807, 2.05) is 0 Å². The summed E-state index contributed by atoms with van der Waals surface area (Å²) in [7, 11) is -2.28. The molecule has 5 nitrogen and oxygen atoms in total. The summed E-state index contributed by atoms with van der Waals surface area (Å²) >= 11 is 0. The number of halogens is 1. The number of aryl methyl sites for hydroxylation is 1. The average molecular weight is 282 g/mol. The minimum absolute atomic E-state index is 0.0530. The van der Waals surface area contributed by atoms with E-state index < -0.39 is 15.8 Å². The van der Waals surface area contributed by atoms with Crippen molar-refractivity contribution in [3.63, 3.8) is 0 Å². The van der Waals surface area contributed by atoms with Crippen LogP contribution in [0.15, 0.2) is 52.3 Å². The summed E-state index contributed by atoms with van der Waals surface area (Å²) in [4.78, 5) is 11.1. The number of pyridine rings is 1. The van der Waals surface area contributed by atoms with Crippen molar-refractivity contribution in [2.45, 2.75) is 4.90 Å². The topological polar surface area (TPSA) is 68.2 Å². The highest BCUT2D eigenvalue weighted by Crippen LogP contribution is 2.15. The fourth-order valence-electron chi connectivity index (χ4n) is 1.48. The highest BCUT2D eigenvalue weighted by atomic mass is 32.2. The van der Waals surface area contributed by atoms with Crippen LogP contribution in [0, 0.1) is 5.82 Å². The molecule has 2 aromatic rings. The van der Waals surface area contributed by atoms with Crippen LogP contribution in [-0.4, -0.2) is 13.0 Å². The van der Waals surface area contributed by atoms with Crippen molar-refractivity contribution >= 4 is 15.7 Å². The second-order valence-corrected chi connectivity index (χ2v) is 5.61. The molecule has 0 saturated heterocycles. The monoisotopic (exact) mass is 282 g/mol. The van der Waals surface area contributed by atoms with Crippen molar-refractivity contribution in [2.75, 3.05) is 4.72 Å². The van der Waals surface area contributed by atoms with Gasteiger partial charge in [-0.1, -0.05) is 0 Å². The molecule has 0 amide bonds. The molecular weight excluding hydrogens is 271 g/mol. The van der Waals surface area contributed by atoms with Crippen molar-refractivity contribution in [2.24, 2.45) is 7.05 Å². The fraction of sp³-hybridized carbons (Fsp3) is 0.0833. The number of nitrogens with one attached hydrogen (secondary N) is 1. The normalized spacial score (nSPS) is 11.3. The van der Waals surface area contributed by atoms with E-state index in [4.69, 9.17) is 0 Å². The van der Waals surface area contributed by atoms with E-state index in [2.05, 4.69) is 4.72 Å². The van der Waals surface area contributed by atoms with Crippen LogP contribution in [0.25, 0.3) is 0 Å². The van der Waals surface area contributed by atoms with Gasteiger partial charge in [0, 0.05) is 19.3 Å². The Kier molecular flexibility index (Phi) is 3.39. The van der Waals surface area contributed by atoms with Gasteiger partial charge in [-0.2, -0.15) is 0 Å². The maximum absolute atomic E-state index is 12.7. The predicted molar refractivity (Wildman–Crippen MR) is 68.9 cm³/mol. The Hall–Kier alpha value is -2.15. The summed E-state index contributed by atoms with van der Waals surface area (Å²) in [5.74, 6) is -0.513. The zero-order valence-corrected chi connectivity index (χ0v) is 10.8. The largest absolute Gasteiger partial charge is 0.316 e. The van der Waals surface area contributed by atoms with Gasteiger partial charge in [-0.15, -0.1) is 0 Å². The van der Waals surface area contributed by atoms with Gasteiger partial charge < -0.3 is 4.57 Å². The lowest BCUT2D eigenvalue weighted by atomic mass is 10.4. The number of rotatable bonds is 3. The van der Waals surface area contributed by atoms with Crippen LogP contribution in [0.2, 0.25) is 0 Å². The lowest BCUT2D eigenvalue weighted by Gasteiger charge is -2.08. The first kappa shape index (κ1) is 13.3. The highest BCUT2D eigenvalue weighted by molar-refractivity contribution is 7.92. The number of sulfonamides is 1. The minimum atomic E-state index is -3.79. The van der Waals surface area contributed by atoms with E-state index >= 15 is 0 Å². The number of aromatic nitrogens is 1. The summed E-state index contributed by atoms with van der Waals surface area (Å²) in [5, 5.41) is 0. The van der Waals surface area contributed by atoms with Gasteiger partial charge in [-0.05, 0) is 30.3 Å². The lowest BCUT2D eigenvalue weighted by Crippen LogP contribution is -2.18. The van der Waals surface area contributed by atoms with Crippen molar-refractivity contribution in [1.82, 2.24) is 4.57 Å². The molecule has 0 aliphatic heterocycles. The fourth-order valence-corrected chi connectivity index (χ4v) is 2.53. The Labute approximate surface area is 109 Å². The molecule has 0 radical (unpaired) electrons. The summed E-state index contributed by atoms with van der Waals surface area (Å²) < 4.78 is 40.3. The summed E-state index contributed by atoms with van der Waals surface area (Å²) in [6.07, 6.45) is 1.36. The first-order chi connectivity index (χ1) is 8.88. The van der Waals surface area contributed by atoms with E-state index in [9.17, 15) is 17.6 Å². The lowest BCUT2D eigenvalue weighted by molar-refractivity contribution is 0.599. The van der Waals surface area contributed by atoms with Gasteiger partial charge in [0.1, 0.15) is 5.82 Å². The van der Waals surface area contributed by atoms with Crippen molar-refractivity contribution in [3.05, 3.63) is 58.8 Å². The van der Waals surface area contributed by atoms with Gasteiger partial charge in [-0.25, -0.2) is 12.8 Å². The number of anilines is 1. The van der Waals surface area contributed by atoms with Crippen molar-refractivity contribution in [3.8, 4) is 0 Å². The second kappa shape index (κ2) is 4.85. The Morgan fingerprint density at radius 1 is 1.11 bits per heavy atom. The first-order valence-corrected chi connectivity index (χ1v) is 6.82. The molecule has 7 heteroatoms. The van der Waals surface area contributed by atoms with Crippen LogP contribution in [0.4, 0.5) is 10.1 Å². The zero-order chi connectivity index (χ0) is 14.0. The van der Waals surface area contributed by atoms with Gasteiger partial charge in [-0.3, -0.25) is 9.52 Å². The van der Waals surface area contributed by atoms with Gasteiger partial charge in [0.25, 0.3) is 10.0 Å². The third-order valence-corrected chi connectivity index (χ3v) is 3.86. The van der Waals surface area contributed by atoms with E-state index in [1.54, 1.807) is 0 Å². The first-order valence-electron chi connectivity index (χ1n) is 5.33. The molecule has 0 saturated carbocycles. The van der Waals surface area contributed by atoms with Gasteiger partial charge in [0.2, 0.25) is 5.56 Å². The highest BCUT2D eigenvalue weighted by Gasteiger charge is 2.14. The molecule has 1 heterocycles. The predicted octanol–water partition coefficient (Wildman–Crippen LogP) is 1.33. The molecule has 0 fully saturated rings. The Morgan fingerprint density at radius 3 is 2.32 bits per heavy atom. The van der Waals surface area contributed by atoms with E-state index in [-0.39, 0.29) is 16.1 Å². The molecule has 1 aromatic carbocycles. The van der Waals surface area contributed by atoms with E-state index in [1.165, 1.54) is 42.1 Å². The molecule has 100 valence electrons. The number of hydrogen-bond donors (Lipinski definition) is 1. The maximum atomic E-state index is 12.7. The molecule has 0 bridgehead atoms. The summed E-state index contributed by atoms with van der Waals surface area (Å²) in [6, 6.07) is 7.08. The van der Waals surface area contributed by atoms with Crippen LogP contribution in [0.3, 0.4) is 0 Å². The smallest absolute Gasteiger partial charge is 0.261 e. The van der Waals surface area contributed by atoms with Crippen LogP contribution in [0.5, 0.6) is 0 Å². The minimum Gasteiger partial charge on any atom is -0.316 e. The van der Waals surface area contributed by atoms with Crippen molar-refractivity contribution < 1.29 is 12.8 Å². The van der Waals surface area contributed by atoms with Crippen LogP contribution < -0.4 is 10.3 Å². The standard InChI is InChI=1S/C12H11FN2O3S/c1-15-8-10(4-7-12(15)16)14-19(17,18)11-5-2-9(13)3-6-11/h2-8,14H,1H3. The molecule has 0 aliphatic rings. The Morgan fingerprint density at radius 2 is 1.74 bits per heavy atom. The van der Waals surface area contributed by atoms with E-state index in [0.29, 0.717) is 0 Å². The van der Waals surface area contributed by atoms with Crippen LogP contribution in [0.1, 0.15) is 0 Å². The Balaban J connectivity index is 2.33. The summed E-state index contributed by atoms with van der Waals surface area (Å²) in [5.41, 5.74) is 0.0103. The molecule has 19 heavy (non-hydrogen) atoms. The molecule has 0 atom stereocenters. The number of benzene rings is 1. The molecule has 1 aromatic heterocycles. The van der Waals surface area contributed by atoms with Gasteiger partial charge in [0.05, 0.1) is 10.6 Å². The zero-order valence-electron chi connectivity index (χ0n) is 10.00. The summed E-state index contributed by atoms with van der Waals surface area (Å²) in [6.45, 7) is 0. The second-order valence-electron chi connectivity index (χ2n) is 3.93. The molecule has 0 unspecified atom stereocenters. The van der Waals surface area contributed by atoms with Crippen LogP contribution in [-0.2, 0) is 17.1 Å². The van der Waals surface area contributed by atoms with Crippen molar-refractivity contribution in [1.29, 1.82) is 0 Å². The third-order valence-electron chi connectivity index (χ3n) is 2.46. The quantitative estimate of drug-likeness (QED) is 0.923. The molecule has 1 N–H and O–H groups in total. The molecule has 0 spiro atoms. The third kappa shape index (κ3) is 3.00. The average Bonchev–Trinajstić information content (AvgIpc) is 2.34. The number of nitrogens with zero attached hydrogens (tertiary/aromatic N) is 1. The van der Waals surface area contributed by atoms with Gasteiger partial charge >= 0.3 is 0 Å².